The number of aromatic nitrogens is 1. The Balaban J connectivity index is 2.07. The van der Waals surface area contributed by atoms with Gasteiger partial charge in [-0.3, -0.25) is 19.4 Å². The van der Waals surface area contributed by atoms with E-state index in [0.29, 0.717) is 5.69 Å². The number of nitrogens with zero attached hydrogens (tertiary/aromatic N) is 2. The zero-order valence-electron chi connectivity index (χ0n) is 14.7. The maximum atomic E-state index is 13.2. The Morgan fingerprint density at radius 3 is 2.43 bits per heavy atom. The fraction of sp³-hybridized carbons (Fsp3) is 0.200. The summed E-state index contributed by atoms with van der Waals surface area (Å²) >= 11 is 0. The number of ketones is 1. The van der Waals surface area contributed by atoms with E-state index in [9.17, 15) is 23.9 Å². The van der Waals surface area contributed by atoms with Crippen LogP contribution in [-0.4, -0.2) is 44.3 Å². The molecule has 1 aromatic carbocycles. The van der Waals surface area contributed by atoms with Gasteiger partial charge in [0.1, 0.15) is 17.6 Å². The number of hydrogen-bond acceptors (Lipinski definition) is 5. The molecule has 1 aromatic heterocycles. The van der Waals surface area contributed by atoms with Crippen molar-refractivity contribution in [3.05, 3.63) is 71.3 Å². The predicted molar refractivity (Wildman–Crippen MR) is 96.5 cm³/mol. The van der Waals surface area contributed by atoms with Gasteiger partial charge in [0.05, 0.1) is 11.3 Å². The summed E-state index contributed by atoms with van der Waals surface area (Å²) in [5, 5.41) is 19.5. The summed E-state index contributed by atoms with van der Waals surface area (Å²) in [5.41, 5.74) is 0.386. The molecule has 0 aliphatic carbocycles. The number of halogens is 1. The minimum Gasteiger partial charge on any atom is -0.507 e. The first-order valence-corrected chi connectivity index (χ1v) is 8.57. The molecular weight excluding hydrogens is 367 g/mol. The Hall–Kier alpha value is -3.55. The van der Waals surface area contributed by atoms with Crippen LogP contribution in [0.4, 0.5) is 4.39 Å². The number of carbonyl (C=O) groups excluding carboxylic acids is 2. The van der Waals surface area contributed by atoms with Crippen molar-refractivity contribution in [2.24, 2.45) is 0 Å². The number of amides is 1. The molecule has 1 atom stereocenters. The van der Waals surface area contributed by atoms with Gasteiger partial charge in [-0.05, 0) is 42.8 Å². The highest BCUT2D eigenvalue weighted by Gasteiger charge is 2.46. The van der Waals surface area contributed by atoms with Crippen LogP contribution < -0.4 is 0 Å². The van der Waals surface area contributed by atoms with E-state index in [2.05, 4.69) is 4.98 Å². The first-order chi connectivity index (χ1) is 13.4. The number of benzene rings is 1. The first kappa shape index (κ1) is 19.2. The lowest BCUT2D eigenvalue weighted by Gasteiger charge is -2.24. The van der Waals surface area contributed by atoms with Crippen LogP contribution in [0.5, 0.6) is 0 Å². The van der Waals surface area contributed by atoms with Gasteiger partial charge in [-0.1, -0.05) is 6.07 Å². The van der Waals surface area contributed by atoms with Crippen molar-refractivity contribution in [2.75, 3.05) is 6.54 Å². The minimum absolute atomic E-state index is 0.0122. The number of rotatable bonds is 6. The van der Waals surface area contributed by atoms with Gasteiger partial charge in [0.25, 0.3) is 11.7 Å². The highest BCUT2D eigenvalue weighted by molar-refractivity contribution is 6.46. The molecule has 8 heteroatoms. The van der Waals surface area contributed by atoms with Gasteiger partial charge in [0.2, 0.25) is 0 Å². The number of pyridine rings is 1. The second-order valence-electron chi connectivity index (χ2n) is 6.25. The number of aliphatic hydroxyl groups is 1. The summed E-state index contributed by atoms with van der Waals surface area (Å²) in [4.78, 5) is 41.4. The third kappa shape index (κ3) is 3.75. The summed E-state index contributed by atoms with van der Waals surface area (Å²) < 4.78 is 13.2. The summed E-state index contributed by atoms with van der Waals surface area (Å²) in [5.74, 6) is -3.70. The van der Waals surface area contributed by atoms with E-state index < -0.39 is 35.3 Å². The molecule has 0 bridgehead atoms. The largest absolute Gasteiger partial charge is 0.507 e. The second kappa shape index (κ2) is 7.99. The van der Waals surface area contributed by atoms with E-state index in [0.717, 1.165) is 12.1 Å². The number of carboxylic acids is 1. The fourth-order valence-electron chi connectivity index (χ4n) is 3.12. The molecule has 0 spiro atoms. The van der Waals surface area contributed by atoms with E-state index in [1.165, 1.54) is 23.2 Å². The SMILES string of the molecule is O=C(O)CCCN1C(=O)C(=O)/C(=C(/O)c2ccc(F)cc2)[C@H]1c1ccccn1. The van der Waals surface area contributed by atoms with Gasteiger partial charge in [-0.2, -0.15) is 0 Å². The van der Waals surface area contributed by atoms with Gasteiger partial charge in [0.15, 0.2) is 0 Å². The highest BCUT2D eigenvalue weighted by atomic mass is 19.1. The van der Waals surface area contributed by atoms with Crippen LogP contribution >= 0.6 is 0 Å². The Kier molecular flexibility index (Phi) is 5.49. The zero-order valence-corrected chi connectivity index (χ0v) is 14.7. The fourth-order valence-corrected chi connectivity index (χ4v) is 3.12. The van der Waals surface area contributed by atoms with Crippen molar-refractivity contribution >= 4 is 23.4 Å². The zero-order chi connectivity index (χ0) is 20.3. The molecule has 1 aliphatic rings. The summed E-state index contributed by atoms with van der Waals surface area (Å²) in [6.07, 6.45) is 1.46. The lowest BCUT2D eigenvalue weighted by Crippen LogP contribution is -2.31. The van der Waals surface area contributed by atoms with Gasteiger partial charge >= 0.3 is 5.97 Å². The van der Waals surface area contributed by atoms with Gasteiger partial charge in [-0.15, -0.1) is 0 Å². The standard InChI is InChI=1S/C20H17FN2O5/c21-13-8-6-12(7-9-13)18(26)16-17(14-4-1-2-10-22-14)23(20(28)19(16)27)11-3-5-15(24)25/h1-2,4,6-10,17,26H,3,5,11H2,(H,24,25)/b18-16+/t17-/m1/s1. The Morgan fingerprint density at radius 2 is 1.82 bits per heavy atom. The highest BCUT2D eigenvalue weighted by Crippen LogP contribution is 2.38. The monoisotopic (exact) mass is 384 g/mol. The molecule has 2 aromatic rings. The lowest BCUT2D eigenvalue weighted by molar-refractivity contribution is -0.140. The van der Waals surface area contributed by atoms with Crippen LogP contribution in [0.1, 0.15) is 30.1 Å². The quantitative estimate of drug-likeness (QED) is 0.450. The number of Topliss-reactive ketones (excluding diaryl/α,β-unsaturated/α-hetero) is 1. The van der Waals surface area contributed by atoms with Crippen molar-refractivity contribution in [1.82, 2.24) is 9.88 Å². The molecule has 0 radical (unpaired) electrons. The van der Waals surface area contributed by atoms with Crippen LogP contribution in [0, 0.1) is 5.82 Å². The maximum Gasteiger partial charge on any atom is 0.303 e. The van der Waals surface area contributed by atoms with Crippen LogP contribution in [0.15, 0.2) is 54.2 Å². The van der Waals surface area contributed by atoms with Crippen molar-refractivity contribution in [3.63, 3.8) is 0 Å². The average molecular weight is 384 g/mol. The van der Waals surface area contributed by atoms with E-state index in [1.807, 2.05) is 0 Å². The Morgan fingerprint density at radius 1 is 1.11 bits per heavy atom. The number of aliphatic carboxylic acids is 1. The minimum atomic E-state index is -1.02. The third-order valence-electron chi connectivity index (χ3n) is 4.42. The van der Waals surface area contributed by atoms with Crippen molar-refractivity contribution < 1.29 is 29.0 Å². The van der Waals surface area contributed by atoms with Gasteiger partial charge in [-0.25, -0.2) is 4.39 Å². The molecule has 1 aliphatic heterocycles. The average Bonchev–Trinajstić information content (AvgIpc) is 2.93. The maximum absolute atomic E-state index is 13.2. The molecule has 2 heterocycles. The van der Waals surface area contributed by atoms with E-state index in [1.54, 1.807) is 18.2 Å². The summed E-state index contributed by atoms with van der Waals surface area (Å²) in [6.45, 7) is 0.0122. The van der Waals surface area contributed by atoms with Crippen molar-refractivity contribution in [3.8, 4) is 0 Å². The molecule has 2 N–H and O–H groups in total. The number of likely N-dealkylation sites (tertiary alicyclic amines) is 1. The third-order valence-corrected chi connectivity index (χ3v) is 4.42. The van der Waals surface area contributed by atoms with E-state index >= 15 is 0 Å². The predicted octanol–water partition coefficient (Wildman–Crippen LogP) is 2.51. The van der Waals surface area contributed by atoms with Crippen LogP contribution in [0.2, 0.25) is 0 Å². The lowest BCUT2D eigenvalue weighted by atomic mass is 9.98. The number of hydrogen-bond donors (Lipinski definition) is 2. The summed E-state index contributed by atoms with van der Waals surface area (Å²) in [6, 6.07) is 8.87. The van der Waals surface area contributed by atoms with Gasteiger partial charge in [0, 0.05) is 24.7 Å². The topological polar surface area (TPSA) is 108 Å². The summed E-state index contributed by atoms with van der Waals surface area (Å²) in [7, 11) is 0. The van der Waals surface area contributed by atoms with Crippen LogP contribution in [0.3, 0.4) is 0 Å². The number of carbonyl (C=O) groups is 3. The van der Waals surface area contributed by atoms with E-state index in [4.69, 9.17) is 5.11 Å². The van der Waals surface area contributed by atoms with E-state index in [-0.39, 0.29) is 30.5 Å². The molecule has 7 nitrogen and oxygen atoms in total. The molecule has 0 unspecified atom stereocenters. The Bertz CT molecular complexity index is 941. The Labute approximate surface area is 159 Å². The first-order valence-electron chi connectivity index (χ1n) is 8.57. The van der Waals surface area contributed by atoms with Gasteiger partial charge < -0.3 is 15.1 Å². The molecule has 3 rings (SSSR count). The van der Waals surface area contributed by atoms with Crippen LogP contribution in [-0.2, 0) is 14.4 Å². The molecular formula is C20H17FN2O5. The van der Waals surface area contributed by atoms with Crippen LogP contribution in [0.25, 0.3) is 5.76 Å². The van der Waals surface area contributed by atoms with Crippen molar-refractivity contribution in [2.45, 2.75) is 18.9 Å². The molecule has 1 amide bonds. The molecule has 1 fully saturated rings. The van der Waals surface area contributed by atoms with Crippen molar-refractivity contribution in [1.29, 1.82) is 0 Å². The molecule has 1 saturated heterocycles. The smallest absolute Gasteiger partial charge is 0.303 e. The molecule has 28 heavy (non-hydrogen) atoms. The number of carboxylic acid groups (broad SMARTS) is 1. The molecule has 0 saturated carbocycles. The second-order valence-corrected chi connectivity index (χ2v) is 6.25. The number of aliphatic hydroxyl groups excluding tert-OH is 1. The normalized spacial score (nSPS) is 18.5. The molecule has 144 valence electrons.